The summed E-state index contributed by atoms with van der Waals surface area (Å²) in [6, 6.07) is 0. The Labute approximate surface area is 109 Å². The number of hydrogen-bond acceptors (Lipinski definition) is 5. The minimum absolute atomic E-state index is 0.0283. The van der Waals surface area contributed by atoms with Gasteiger partial charge in [0.2, 0.25) is 11.2 Å². The first-order valence-corrected chi connectivity index (χ1v) is 5.81. The van der Waals surface area contributed by atoms with Crippen LogP contribution < -0.4 is 10.6 Å². The van der Waals surface area contributed by atoms with E-state index in [-0.39, 0.29) is 28.7 Å². The third-order valence-electron chi connectivity index (χ3n) is 1.74. The van der Waals surface area contributed by atoms with Crippen LogP contribution in [0.5, 0.6) is 0 Å². The highest BCUT2D eigenvalue weighted by Crippen LogP contribution is 2.15. The van der Waals surface area contributed by atoms with Crippen LogP contribution in [-0.2, 0) is 4.79 Å². The van der Waals surface area contributed by atoms with E-state index < -0.39 is 0 Å². The van der Waals surface area contributed by atoms with Gasteiger partial charge in [0.15, 0.2) is 11.0 Å². The van der Waals surface area contributed by atoms with Gasteiger partial charge in [-0.3, -0.25) is 4.79 Å². The van der Waals surface area contributed by atoms with Crippen molar-refractivity contribution in [3.8, 4) is 0 Å². The predicted molar refractivity (Wildman–Crippen MR) is 66.2 cm³/mol. The maximum Gasteiger partial charge on any atom is 0.245 e. The molecule has 1 aromatic rings. The van der Waals surface area contributed by atoms with Crippen molar-refractivity contribution < 1.29 is 4.79 Å². The standard InChI is InChI=1S/C9H13Cl2N5O/c1-5(2)3-12-6(17)4-13-8-7(10)15-16-9(11)14-8/h5H,3-4H2,1-2H3,(H,12,17)(H,13,14,16). The minimum Gasteiger partial charge on any atom is -0.358 e. The summed E-state index contributed by atoms with van der Waals surface area (Å²) in [6.07, 6.45) is 0. The summed E-state index contributed by atoms with van der Waals surface area (Å²) in [7, 11) is 0. The fourth-order valence-corrected chi connectivity index (χ4v) is 1.22. The second-order valence-corrected chi connectivity index (χ2v) is 4.47. The van der Waals surface area contributed by atoms with Gasteiger partial charge in [-0.25, -0.2) is 0 Å². The maximum absolute atomic E-state index is 11.4. The number of anilines is 1. The van der Waals surface area contributed by atoms with Gasteiger partial charge in [0.05, 0.1) is 6.54 Å². The highest BCUT2D eigenvalue weighted by atomic mass is 35.5. The quantitative estimate of drug-likeness (QED) is 0.850. The zero-order valence-electron chi connectivity index (χ0n) is 9.50. The molecule has 0 aliphatic rings. The summed E-state index contributed by atoms with van der Waals surface area (Å²) in [5, 5.41) is 12.5. The van der Waals surface area contributed by atoms with E-state index in [4.69, 9.17) is 23.2 Å². The number of carbonyl (C=O) groups is 1. The predicted octanol–water partition coefficient (Wildman–Crippen LogP) is 1.36. The molecule has 0 saturated carbocycles. The Morgan fingerprint density at radius 2 is 2.06 bits per heavy atom. The van der Waals surface area contributed by atoms with Gasteiger partial charge in [-0.1, -0.05) is 25.4 Å². The molecule has 0 spiro atoms. The number of nitrogens with zero attached hydrogens (tertiary/aromatic N) is 3. The smallest absolute Gasteiger partial charge is 0.245 e. The molecule has 0 aliphatic heterocycles. The van der Waals surface area contributed by atoms with E-state index >= 15 is 0 Å². The van der Waals surface area contributed by atoms with Gasteiger partial charge in [-0.2, -0.15) is 4.98 Å². The normalized spacial score (nSPS) is 10.4. The van der Waals surface area contributed by atoms with Gasteiger partial charge >= 0.3 is 0 Å². The van der Waals surface area contributed by atoms with Gasteiger partial charge in [-0.05, 0) is 17.5 Å². The first-order chi connectivity index (χ1) is 7.99. The lowest BCUT2D eigenvalue weighted by molar-refractivity contribution is -0.119. The van der Waals surface area contributed by atoms with E-state index in [1.807, 2.05) is 13.8 Å². The van der Waals surface area contributed by atoms with Gasteiger partial charge in [0.1, 0.15) is 0 Å². The van der Waals surface area contributed by atoms with Crippen molar-refractivity contribution in [1.82, 2.24) is 20.5 Å². The molecule has 0 atom stereocenters. The van der Waals surface area contributed by atoms with E-state index in [1.54, 1.807) is 0 Å². The first-order valence-electron chi connectivity index (χ1n) is 5.05. The molecule has 94 valence electrons. The molecule has 0 saturated heterocycles. The van der Waals surface area contributed by atoms with Crippen LogP contribution >= 0.6 is 23.2 Å². The van der Waals surface area contributed by atoms with Crippen LogP contribution in [0.25, 0.3) is 0 Å². The largest absolute Gasteiger partial charge is 0.358 e. The lowest BCUT2D eigenvalue weighted by Gasteiger charge is -2.09. The molecule has 17 heavy (non-hydrogen) atoms. The molecular weight excluding hydrogens is 265 g/mol. The molecule has 0 aliphatic carbocycles. The Kier molecular flexibility index (Phi) is 5.37. The van der Waals surface area contributed by atoms with Crippen molar-refractivity contribution in [3.63, 3.8) is 0 Å². The average molecular weight is 278 g/mol. The molecule has 8 heteroatoms. The highest BCUT2D eigenvalue weighted by Gasteiger charge is 2.08. The summed E-state index contributed by atoms with van der Waals surface area (Å²) >= 11 is 11.3. The van der Waals surface area contributed by atoms with E-state index in [0.717, 1.165) is 0 Å². The average Bonchev–Trinajstić information content (AvgIpc) is 2.27. The second-order valence-electron chi connectivity index (χ2n) is 3.77. The molecule has 1 amide bonds. The number of halogens is 2. The van der Waals surface area contributed by atoms with Gasteiger partial charge < -0.3 is 10.6 Å². The van der Waals surface area contributed by atoms with Crippen molar-refractivity contribution in [2.24, 2.45) is 5.92 Å². The van der Waals surface area contributed by atoms with Crippen molar-refractivity contribution in [2.75, 3.05) is 18.4 Å². The van der Waals surface area contributed by atoms with Crippen molar-refractivity contribution in [3.05, 3.63) is 10.4 Å². The van der Waals surface area contributed by atoms with E-state index in [0.29, 0.717) is 12.5 Å². The summed E-state index contributed by atoms with van der Waals surface area (Å²) in [5.41, 5.74) is 0. The maximum atomic E-state index is 11.4. The molecule has 1 heterocycles. The fraction of sp³-hybridized carbons (Fsp3) is 0.556. The van der Waals surface area contributed by atoms with Crippen molar-refractivity contribution in [1.29, 1.82) is 0 Å². The van der Waals surface area contributed by atoms with Crippen LogP contribution in [0.4, 0.5) is 5.82 Å². The SMILES string of the molecule is CC(C)CNC(=O)CNc1nc(Cl)nnc1Cl. The number of carbonyl (C=O) groups excluding carboxylic acids is 1. The topological polar surface area (TPSA) is 79.8 Å². The molecule has 6 nitrogen and oxygen atoms in total. The lowest BCUT2D eigenvalue weighted by Crippen LogP contribution is -2.32. The van der Waals surface area contributed by atoms with E-state index in [9.17, 15) is 4.79 Å². The molecule has 0 radical (unpaired) electrons. The van der Waals surface area contributed by atoms with Gasteiger partial charge in [0, 0.05) is 6.54 Å². The summed E-state index contributed by atoms with van der Waals surface area (Å²) in [6.45, 7) is 4.70. The summed E-state index contributed by atoms with van der Waals surface area (Å²) in [5.74, 6) is 0.494. The molecule has 1 aromatic heterocycles. The van der Waals surface area contributed by atoms with Crippen LogP contribution in [0.3, 0.4) is 0 Å². The zero-order valence-corrected chi connectivity index (χ0v) is 11.0. The molecule has 0 fully saturated rings. The molecular formula is C9H13Cl2N5O. The van der Waals surface area contributed by atoms with Gasteiger partial charge in [-0.15, -0.1) is 10.2 Å². The monoisotopic (exact) mass is 277 g/mol. The van der Waals surface area contributed by atoms with E-state index in [1.165, 1.54) is 0 Å². The Morgan fingerprint density at radius 1 is 1.35 bits per heavy atom. The Hall–Kier alpha value is -1.14. The number of rotatable bonds is 5. The summed E-state index contributed by atoms with van der Waals surface area (Å²) < 4.78 is 0. The van der Waals surface area contributed by atoms with Crippen LogP contribution in [-0.4, -0.2) is 34.2 Å². The second kappa shape index (κ2) is 6.56. The zero-order chi connectivity index (χ0) is 12.8. The fourth-order valence-electron chi connectivity index (χ4n) is 0.950. The highest BCUT2D eigenvalue weighted by molar-refractivity contribution is 6.32. The van der Waals surface area contributed by atoms with Gasteiger partial charge in [0.25, 0.3) is 0 Å². The third kappa shape index (κ3) is 5.14. The Balaban J connectivity index is 2.44. The number of aromatic nitrogens is 3. The lowest BCUT2D eigenvalue weighted by atomic mass is 10.2. The van der Waals surface area contributed by atoms with Crippen molar-refractivity contribution >= 4 is 34.9 Å². The minimum atomic E-state index is -0.149. The number of hydrogen-bond donors (Lipinski definition) is 2. The first kappa shape index (κ1) is 13.9. The molecule has 0 bridgehead atoms. The molecule has 0 aromatic carbocycles. The van der Waals surface area contributed by atoms with Crippen LogP contribution in [0, 0.1) is 5.92 Å². The Morgan fingerprint density at radius 3 is 2.71 bits per heavy atom. The molecule has 0 unspecified atom stereocenters. The van der Waals surface area contributed by atoms with Crippen LogP contribution in [0.15, 0.2) is 0 Å². The number of nitrogens with one attached hydrogen (secondary N) is 2. The summed E-state index contributed by atoms with van der Waals surface area (Å²) in [4.78, 5) is 15.2. The van der Waals surface area contributed by atoms with E-state index in [2.05, 4.69) is 25.8 Å². The molecule has 1 rings (SSSR count). The Bertz CT molecular complexity index is 399. The number of amides is 1. The van der Waals surface area contributed by atoms with Crippen molar-refractivity contribution in [2.45, 2.75) is 13.8 Å². The van der Waals surface area contributed by atoms with Crippen LogP contribution in [0.2, 0.25) is 10.4 Å². The molecule has 2 N–H and O–H groups in total. The third-order valence-corrected chi connectivity index (χ3v) is 2.16. The van der Waals surface area contributed by atoms with Crippen LogP contribution in [0.1, 0.15) is 13.8 Å².